The Kier molecular flexibility index (Phi) is 4.21. The number of rotatable bonds is 2. The molecule has 1 saturated heterocycles. The topological polar surface area (TPSA) is 165 Å². The molecule has 1 aliphatic heterocycles. The van der Waals surface area contributed by atoms with Crippen LogP contribution in [0.5, 0.6) is 0 Å². The predicted molar refractivity (Wildman–Crippen MR) is 84.8 cm³/mol. The summed E-state index contributed by atoms with van der Waals surface area (Å²) >= 11 is 0. The number of fused-ring (bicyclic) bond motifs is 1. The highest BCUT2D eigenvalue weighted by Crippen LogP contribution is 2.38. The fourth-order valence-electron chi connectivity index (χ4n) is 2.86. The molecule has 0 amide bonds. The van der Waals surface area contributed by atoms with E-state index in [0.29, 0.717) is 0 Å². The summed E-state index contributed by atoms with van der Waals surface area (Å²) in [6.07, 6.45) is -3.53. The van der Waals surface area contributed by atoms with Crippen LogP contribution in [0.3, 0.4) is 0 Å². The van der Waals surface area contributed by atoms with Crippen molar-refractivity contribution in [3.8, 4) is 11.8 Å². The lowest BCUT2D eigenvalue weighted by atomic mass is 9.90. The first-order valence-corrected chi connectivity index (χ1v) is 7.38. The molecule has 2 aromatic rings. The van der Waals surface area contributed by atoms with E-state index in [9.17, 15) is 19.4 Å². The number of nitrogens with one attached hydrogen (secondary N) is 1. The van der Waals surface area contributed by atoms with E-state index in [2.05, 4.69) is 26.8 Å². The number of hydrogen-bond donors (Lipinski definition) is 5. The van der Waals surface area contributed by atoms with Crippen molar-refractivity contribution in [3.63, 3.8) is 0 Å². The molecule has 7 N–H and O–H groups in total. The Labute approximate surface area is 140 Å². The minimum absolute atomic E-state index is 0.0198. The second-order valence-corrected chi connectivity index (χ2v) is 5.78. The minimum atomic E-state index is -1.76. The third-order valence-corrected chi connectivity index (χ3v) is 4.05. The first-order valence-electron chi connectivity index (χ1n) is 7.38. The van der Waals surface area contributed by atoms with Crippen LogP contribution >= 0.6 is 0 Å². The molecule has 0 aromatic carbocycles. The number of aliphatic hydroxyl groups is 2. The second-order valence-electron chi connectivity index (χ2n) is 5.78. The largest absolute Gasteiger partial charge is 0.391 e. The average Bonchev–Trinajstić information content (AvgIpc) is 3.06. The number of aromatic nitrogens is 4. The molecule has 1 fully saturated rings. The average molecular weight is 352 g/mol. The molecule has 0 saturated carbocycles. The van der Waals surface area contributed by atoms with Gasteiger partial charge >= 0.3 is 0 Å². The Morgan fingerprint density at radius 1 is 1.64 bits per heavy atom. The molecule has 0 aliphatic carbocycles. The lowest BCUT2D eigenvalue weighted by molar-refractivity contribution is -0.0756. The Hall–Kier alpha value is -2.52. The number of alkyl halides is 1. The normalized spacial score (nSPS) is 30.2. The van der Waals surface area contributed by atoms with Gasteiger partial charge in [-0.2, -0.15) is 4.98 Å². The van der Waals surface area contributed by atoms with E-state index in [1.807, 2.05) is 0 Å². The van der Waals surface area contributed by atoms with Gasteiger partial charge in [-0.3, -0.25) is 14.3 Å². The van der Waals surface area contributed by atoms with Gasteiger partial charge in [0.25, 0.3) is 5.56 Å². The SMILES string of the molecule is C[C@@H](O)[C@H]1O[C@@H](n2cnc3c(=O)[nH]c(N)nc32)[C@@](N)(C#CCF)C1O. The Balaban J connectivity index is 2.18. The molecular formula is C14H17FN6O4. The van der Waals surface area contributed by atoms with Gasteiger partial charge in [-0.05, 0) is 6.92 Å². The van der Waals surface area contributed by atoms with Crippen LogP contribution < -0.4 is 17.0 Å². The highest BCUT2D eigenvalue weighted by Gasteiger charge is 2.56. The van der Waals surface area contributed by atoms with Crippen LogP contribution in [0, 0.1) is 11.8 Å². The zero-order valence-electron chi connectivity index (χ0n) is 13.2. The van der Waals surface area contributed by atoms with Crippen molar-refractivity contribution in [3.05, 3.63) is 16.7 Å². The van der Waals surface area contributed by atoms with E-state index >= 15 is 0 Å². The summed E-state index contributed by atoms with van der Waals surface area (Å²) in [5.41, 5.74) is 9.46. The Morgan fingerprint density at radius 2 is 2.36 bits per heavy atom. The number of ether oxygens (including phenoxy) is 1. The van der Waals surface area contributed by atoms with Crippen LogP contribution in [0.15, 0.2) is 11.1 Å². The number of nitrogens with two attached hydrogens (primary N) is 2. The number of anilines is 1. The summed E-state index contributed by atoms with van der Waals surface area (Å²) in [6.45, 7) is 0.430. The molecule has 0 radical (unpaired) electrons. The summed E-state index contributed by atoms with van der Waals surface area (Å²) in [4.78, 5) is 22.2. The highest BCUT2D eigenvalue weighted by molar-refractivity contribution is 5.70. The maximum Gasteiger partial charge on any atom is 0.280 e. The fourth-order valence-corrected chi connectivity index (χ4v) is 2.86. The van der Waals surface area contributed by atoms with Crippen LogP contribution in [-0.2, 0) is 4.74 Å². The van der Waals surface area contributed by atoms with E-state index in [-0.39, 0.29) is 17.1 Å². The molecule has 134 valence electrons. The molecule has 3 rings (SSSR count). The summed E-state index contributed by atoms with van der Waals surface area (Å²) < 4.78 is 19.5. The van der Waals surface area contributed by atoms with Crippen molar-refractivity contribution < 1.29 is 19.3 Å². The maximum absolute atomic E-state index is 12.5. The van der Waals surface area contributed by atoms with Crippen molar-refractivity contribution in [1.29, 1.82) is 0 Å². The van der Waals surface area contributed by atoms with Crippen molar-refractivity contribution in [1.82, 2.24) is 19.5 Å². The number of aliphatic hydroxyl groups excluding tert-OH is 2. The first kappa shape index (κ1) is 17.3. The third-order valence-electron chi connectivity index (χ3n) is 4.05. The van der Waals surface area contributed by atoms with Gasteiger partial charge < -0.3 is 26.4 Å². The van der Waals surface area contributed by atoms with E-state index < -0.39 is 42.3 Å². The molecule has 11 heteroatoms. The lowest BCUT2D eigenvalue weighted by Gasteiger charge is -2.27. The number of halogens is 1. The molecule has 0 bridgehead atoms. The fraction of sp³-hybridized carbons (Fsp3) is 0.500. The third kappa shape index (κ3) is 2.65. The molecule has 0 spiro atoms. The summed E-state index contributed by atoms with van der Waals surface area (Å²) in [7, 11) is 0. The Bertz CT molecular complexity index is 915. The molecule has 3 heterocycles. The number of imidazole rings is 1. The highest BCUT2D eigenvalue weighted by atomic mass is 19.1. The summed E-state index contributed by atoms with van der Waals surface area (Å²) in [5, 5.41) is 20.3. The summed E-state index contributed by atoms with van der Waals surface area (Å²) in [5.74, 6) is 4.47. The molecule has 2 aromatic heterocycles. The number of nitrogen functional groups attached to an aromatic ring is 1. The standard InChI is InChI=1S/C14H17FN6O4/c1-6(22)8-9(23)14(17,3-2-4-15)12(25-8)21-5-18-7-10(21)19-13(16)20-11(7)24/h5-6,8-9,12,22-23H,4,17H2,1H3,(H3,16,19,20,24)/t6-,8-,9?,12-,14-/m1/s1. The number of H-pyrrole nitrogens is 1. The zero-order valence-corrected chi connectivity index (χ0v) is 13.2. The quantitative estimate of drug-likeness (QED) is 0.388. The number of aromatic amines is 1. The molecule has 1 unspecified atom stereocenters. The van der Waals surface area contributed by atoms with Gasteiger partial charge in [0, 0.05) is 0 Å². The smallest absolute Gasteiger partial charge is 0.280 e. The van der Waals surface area contributed by atoms with E-state index in [1.165, 1.54) is 17.8 Å². The van der Waals surface area contributed by atoms with E-state index in [4.69, 9.17) is 16.2 Å². The van der Waals surface area contributed by atoms with E-state index in [1.54, 1.807) is 0 Å². The molecule has 25 heavy (non-hydrogen) atoms. The predicted octanol–water partition coefficient (Wildman–Crippen LogP) is -1.99. The van der Waals surface area contributed by atoms with Gasteiger partial charge in [0.05, 0.1) is 12.4 Å². The number of nitrogens with zero attached hydrogens (tertiary/aromatic N) is 3. The maximum atomic E-state index is 12.5. The van der Waals surface area contributed by atoms with Crippen LogP contribution in [0.1, 0.15) is 13.2 Å². The van der Waals surface area contributed by atoms with Crippen LogP contribution in [0.25, 0.3) is 11.2 Å². The number of hydrogen-bond acceptors (Lipinski definition) is 8. The van der Waals surface area contributed by atoms with Crippen molar-refractivity contribution in [2.45, 2.75) is 37.0 Å². The zero-order chi connectivity index (χ0) is 18.4. The van der Waals surface area contributed by atoms with Crippen molar-refractivity contribution >= 4 is 17.1 Å². The van der Waals surface area contributed by atoms with Crippen LogP contribution in [-0.4, -0.2) is 60.3 Å². The van der Waals surface area contributed by atoms with E-state index in [0.717, 1.165) is 0 Å². The van der Waals surface area contributed by atoms with Gasteiger partial charge in [-0.25, -0.2) is 9.37 Å². The monoisotopic (exact) mass is 352 g/mol. The van der Waals surface area contributed by atoms with Crippen LogP contribution in [0.4, 0.5) is 10.3 Å². The lowest BCUT2D eigenvalue weighted by Crippen LogP contribution is -2.54. The van der Waals surface area contributed by atoms with Crippen LogP contribution in [0.2, 0.25) is 0 Å². The first-order chi connectivity index (χ1) is 11.8. The minimum Gasteiger partial charge on any atom is -0.391 e. The molecule has 1 aliphatic rings. The molecular weight excluding hydrogens is 335 g/mol. The van der Waals surface area contributed by atoms with Crippen molar-refractivity contribution in [2.75, 3.05) is 12.4 Å². The molecule has 5 atom stereocenters. The van der Waals surface area contributed by atoms with Gasteiger partial charge in [-0.15, -0.1) is 0 Å². The van der Waals surface area contributed by atoms with Gasteiger partial charge in [0.15, 0.2) is 22.9 Å². The second kappa shape index (κ2) is 6.08. The van der Waals surface area contributed by atoms with Gasteiger partial charge in [0.1, 0.15) is 18.9 Å². The van der Waals surface area contributed by atoms with Gasteiger partial charge in [0.2, 0.25) is 5.95 Å². The summed E-state index contributed by atoms with van der Waals surface area (Å²) in [6, 6.07) is 0. The van der Waals surface area contributed by atoms with Crippen molar-refractivity contribution in [2.24, 2.45) is 5.73 Å². The molecule has 10 nitrogen and oxygen atoms in total. The van der Waals surface area contributed by atoms with Gasteiger partial charge in [-0.1, -0.05) is 11.8 Å². The Morgan fingerprint density at radius 3 is 3.00 bits per heavy atom.